The number of hydrogen-bond donors (Lipinski definition) is 2. The van der Waals surface area contributed by atoms with E-state index in [2.05, 4.69) is 31.8 Å². The molecule has 1 aliphatic heterocycles. The second-order valence-electron chi connectivity index (χ2n) is 5.67. The molecule has 0 bridgehead atoms. The molecule has 0 atom stereocenters. The Balaban J connectivity index is 1.60. The standard InChI is InChI=1S/C14H23N5/c1-15-12-9-19(10-12)13-7-14(18-16-8-13)17-11-5-3-2-4-6-11/h7-8,11-12,15H,2-6,9-10H2,1H3,(H,17,18). The zero-order chi connectivity index (χ0) is 13.1. The first kappa shape index (κ1) is 12.7. The van der Waals surface area contributed by atoms with E-state index < -0.39 is 0 Å². The van der Waals surface area contributed by atoms with Gasteiger partial charge in [0.1, 0.15) is 0 Å². The first-order valence-corrected chi connectivity index (χ1v) is 7.36. The summed E-state index contributed by atoms with van der Waals surface area (Å²) >= 11 is 0. The van der Waals surface area contributed by atoms with Crippen LogP contribution in [0.2, 0.25) is 0 Å². The number of hydrogen-bond acceptors (Lipinski definition) is 5. The van der Waals surface area contributed by atoms with Gasteiger partial charge in [-0.05, 0) is 19.9 Å². The Labute approximate surface area is 114 Å². The fraction of sp³-hybridized carbons (Fsp3) is 0.714. The van der Waals surface area contributed by atoms with E-state index in [9.17, 15) is 0 Å². The summed E-state index contributed by atoms with van der Waals surface area (Å²) in [6.45, 7) is 2.12. The van der Waals surface area contributed by atoms with Gasteiger partial charge in [-0.2, -0.15) is 5.10 Å². The van der Waals surface area contributed by atoms with Gasteiger partial charge in [0.25, 0.3) is 0 Å². The van der Waals surface area contributed by atoms with E-state index >= 15 is 0 Å². The predicted molar refractivity (Wildman–Crippen MR) is 77.6 cm³/mol. The number of aromatic nitrogens is 2. The smallest absolute Gasteiger partial charge is 0.150 e. The average Bonchev–Trinajstić information content (AvgIpc) is 2.39. The molecule has 2 aliphatic rings. The van der Waals surface area contributed by atoms with Gasteiger partial charge >= 0.3 is 0 Å². The lowest BCUT2D eigenvalue weighted by atomic mass is 9.95. The van der Waals surface area contributed by atoms with Crippen LogP contribution in [0, 0.1) is 0 Å². The van der Waals surface area contributed by atoms with Crippen LogP contribution in [0.5, 0.6) is 0 Å². The van der Waals surface area contributed by atoms with Crippen LogP contribution in [-0.2, 0) is 0 Å². The molecule has 2 N–H and O–H groups in total. The summed E-state index contributed by atoms with van der Waals surface area (Å²) in [5, 5.41) is 15.2. The second-order valence-corrected chi connectivity index (χ2v) is 5.67. The minimum absolute atomic E-state index is 0.583. The highest BCUT2D eigenvalue weighted by Crippen LogP contribution is 2.24. The Bertz CT molecular complexity index is 410. The van der Waals surface area contributed by atoms with Crippen LogP contribution in [-0.4, -0.2) is 42.4 Å². The van der Waals surface area contributed by atoms with Crippen LogP contribution in [0.1, 0.15) is 32.1 Å². The third-order valence-electron chi connectivity index (χ3n) is 4.25. The summed E-state index contributed by atoms with van der Waals surface area (Å²) < 4.78 is 0. The van der Waals surface area contributed by atoms with E-state index in [0.29, 0.717) is 12.1 Å². The zero-order valence-corrected chi connectivity index (χ0v) is 11.6. The highest BCUT2D eigenvalue weighted by molar-refractivity contribution is 5.54. The van der Waals surface area contributed by atoms with Gasteiger partial charge in [0, 0.05) is 31.2 Å². The third-order valence-corrected chi connectivity index (χ3v) is 4.25. The van der Waals surface area contributed by atoms with Gasteiger partial charge < -0.3 is 15.5 Å². The van der Waals surface area contributed by atoms with E-state index in [1.54, 1.807) is 0 Å². The van der Waals surface area contributed by atoms with Gasteiger partial charge in [0.15, 0.2) is 5.82 Å². The maximum absolute atomic E-state index is 4.21. The molecular weight excluding hydrogens is 238 g/mol. The number of nitrogens with zero attached hydrogens (tertiary/aromatic N) is 3. The van der Waals surface area contributed by atoms with Crippen molar-refractivity contribution >= 4 is 11.5 Å². The normalized spacial score (nSPS) is 21.2. The first-order chi connectivity index (χ1) is 9.35. The SMILES string of the molecule is CNC1CN(c2cnnc(NC3CCCCC3)c2)C1. The number of likely N-dealkylation sites (N-methyl/N-ethyl adjacent to an activating group) is 1. The lowest BCUT2D eigenvalue weighted by Gasteiger charge is -2.40. The van der Waals surface area contributed by atoms with Crippen molar-refractivity contribution in [2.24, 2.45) is 0 Å². The highest BCUT2D eigenvalue weighted by atomic mass is 15.3. The molecule has 104 valence electrons. The van der Waals surface area contributed by atoms with Crippen molar-refractivity contribution in [3.05, 3.63) is 12.3 Å². The Morgan fingerprint density at radius 3 is 2.68 bits per heavy atom. The van der Waals surface area contributed by atoms with Crippen LogP contribution >= 0.6 is 0 Å². The van der Waals surface area contributed by atoms with Crippen LogP contribution in [0.15, 0.2) is 12.3 Å². The van der Waals surface area contributed by atoms with Crippen molar-refractivity contribution in [3.63, 3.8) is 0 Å². The van der Waals surface area contributed by atoms with Crippen LogP contribution in [0.25, 0.3) is 0 Å². The summed E-state index contributed by atoms with van der Waals surface area (Å²) in [5.74, 6) is 0.928. The van der Waals surface area contributed by atoms with E-state index in [1.165, 1.54) is 37.8 Å². The largest absolute Gasteiger partial charge is 0.367 e. The van der Waals surface area contributed by atoms with Gasteiger partial charge in [0.05, 0.1) is 11.9 Å². The topological polar surface area (TPSA) is 53.1 Å². The predicted octanol–water partition coefficient (Wildman–Crippen LogP) is 1.63. The molecule has 2 fully saturated rings. The quantitative estimate of drug-likeness (QED) is 0.863. The molecule has 2 heterocycles. The van der Waals surface area contributed by atoms with E-state index in [0.717, 1.165) is 18.9 Å². The number of nitrogens with one attached hydrogen (secondary N) is 2. The monoisotopic (exact) mass is 261 g/mol. The first-order valence-electron chi connectivity index (χ1n) is 7.36. The summed E-state index contributed by atoms with van der Waals surface area (Å²) in [7, 11) is 2.02. The Morgan fingerprint density at radius 1 is 1.16 bits per heavy atom. The summed E-state index contributed by atoms with van der Waals surface area (Å²) in [6.07, 6.45) is 8.43. The van der Waals surface area contributed by atoms with Crippen molar-refractivity contribution in [1.29, 1.82) is 0 Å². The Kier molecular flexibility index (Phi) is 3.82. The molecule has 0 aromatic carbocycles. The minimum atomic E-state index is 0.583. The molecule has 0 spiro atoms. The van der Waals surface area contributed by atoms with Gasteiger partial charge in [-0.3, -0.25) is 0 Å². The lowest BCUT2D eigenvalue weighted by Crippen LogP contribution is -2.57. The zero-order valence-electron chi connectivity index (χ0n) is 11.6. The highest BCUT2D eigenvalue weighted by Gasteiger charge is 2.25. The molecule has 1 aromatic heterocycles. The summed E-state index contributed by atoms with van der Waals surface area (Å²) in [5.41, 5.74) is 1.18. The fourth-order valence-electron chi connectivity index (χ4n) is 2.93. The van der Waals surface area contributed by atoms with Gasteiger partial charge in [-0.25, -0.2) is 0 Å². The molecule has 0 radical (unpaired) electrons. The maximum atomic E-state index is 4.21. The molecular formula is C14H23N5. The van der Waals surface area contributed by atoms with Crippen molar-refractivity contribution in [2.45, 2.75) is 44.2 Å². The molecule has 1 aliphatic carbocycles. The minimum Gasteiger partial charge on any atom is -0.367 e. The van der Waals surface area contributed by atoms with Crippen LogP contribution in [0.3, 0.4) is 0 Å². The molecule has 0 amide bonds. The molecule has 0 unspecified atom stereocenters. The summed E-state index contributed by atoms with van der Waals surface area (Å²) in [4.78, 5) is 2.34. The van der Waals surface area contributed by atoms with E-state index in [1.807, 2.05) is 13.2 Å². The van der Waals surface area contributed by atoms with Crippen LogP contribution in [0.4, 0.5) is 11.5 Å². The molecule has 1 aromatic rings. The molecule has 5 heteroatoms. The van der Waals surface area contributed by atoms with E-state index in [-0.39, 0.29) is 0 Å². The molecule has 3 rings (SSSR count). The number of rotatable bonds is 4. The maximum Gasteiger partial charge on any atom is 0.150 e. The molecule has 1 saturated heterocycles. The fourth-order valence-corrected chi connectivity index (χ4v) is 2.93. The van der Waals surface area contributed by atoms with Crippen molar-refractivity contribution in [3.8, 4) is 0 Å². The third kappa shape index (κ3) is 2.97. The summed E-state index contributed by atoms with van der Waals surface area (Å²) in [6, 6.07) is 3.33. The van der Waals surface area contributed by atoms with Crippen LogP contribution < -0.4 is 15.5 Å². The van der Waals surface area contributed by atoms with Crippen molar-refractivity contribution in [2.75, 3.05) is 30.4 Å². The van der Waals surface area contributed by atoms with E-state index in [4.69, 9.17) is 0 Å². The van der Waals surface area contributed by atoms with Gasteiger partial charge in [-0.15, -0.1) is 5.10 Å². The molecule has 5 nitrogen and oxygen atoms in total. The van der Waals surface area contributed by atoms with Gasteiger partial charge in [-0.1, -0.05) is 19.3 Å². The average molecular weight is 261 g/mol. The van der Waals surface area contributed by atoms with Gasteiger partial charge in [0.2, 0.25) is 0 Å². The van der Waals surface area contributed by atoms with Crippen molar-refractivity contribution < 1.29 is 0 Å². The lowest BCUT2D eigenvalue weighted by molar-refractivity contribution is 0.449. The van der Waals surface area contributed by atoms with Crippen molar-refractivity contribution in [1.82, 2.24) is 15.5 Å². The molecule has 1 saturated carbocycles. The second kappa shape index (κ2) is 5.74. The Hall–Kier alpha value is -1.36. The molecule has 19 heavy (non-hydrogen) atoms. The Morgan fingerprint density at radius 2 is 1.95 bits per heavy atom. The number of anilines is 2.